The highest BCUT2D eigenvalue weighted by Crippen LogP contribution is 2.50. The quantitative estimate of drug-likeness (QED) is 0.0613. The maximum absolute atomic E-state index is 15.6. The molecule has 422 valence electrons. The van der Waals surface area contributed by atoms with Crippen molar-refractivity contribution in [1.29, 1.82) is 5.26 Å². The minimum absolute atomic E-state index is 0.0161. The summed E-state index contributed by atoms with van der Waals surface area (Å²) in [5.74, 6) is -0.786. The number of aromatic nitrogens is 6. The van der Waals surface area contributed by atoms with Crippen LogP contribution in [0.5, 0.6) is 11.8 Å². The number of hydrogen-bond acceptors (Lipinski definition) is 17. The zero-order valence-corrected chi connectivity index (χ0v) is 46.8. The van der Waals surface area contributed by atoms with Crippen LogP contribution < -0.4 is 30.7 Å². The minimum atomic E-state index is -1.00. The Morgan fingerprint density at radius 2 is 1.82 bits per heavy atom. The summed E-state index contributed by atoms with van der Waals surface area (Å²) in [6.07, 6.45) is 6.39. The van der Waals surface area contributed by atoms with Gasteiger partial charge in [0.1, 0.15) is 58.7 Å². The van der Waals surface area contributed by atoms with Crippen LogP contribution >= 0.6 is 22.9 Å². The van der Waals surface area contributed by atoms with Crippen molar-refractivity contribution in [3.05, 3.63) is 124 Å². The van der Waals surface area contributed by atoms with E-state index in [1.807, 2.05) is 81.4 Å². The molecule has 12 rings (SSSR count). The number of anilines is 2. The van der Waals surface area contributed by atoms with Gasteiger partial charge in [0.2, 0.25) is 11.8 Å². The molecule has 0 aliphatic carbocycles. The number of likely N-dealkylation sites (tertiary alicyclic amines) is 1. The Morgan fingerprint density at radius 1 is 1.04 bits per heavy atom. The molecule has 4 saturated heterocycles. The third-order valence-electron chi connectivity index (χ3n) is 16.1. The fourth-order valence-electron chi connectivity index (χ4n) is 12.0. The molecule has 6 N–H and O–H groups in total. The summed E-state index contributed by atoms with van der Waals surface area (Å²) in [5.41, 5.74) is 13.4. The highest BCUT2D eigenvalue weighted by atomic mass is 35.5. The number of nitrogens with zero attached hydrogens (tertiary/aromatic N) is 9. The van der Waals surface area contributed by atoms with Gasteiger partial charge < -0.3 is 50.6 Å². The maximum Gasteiger partial charge on any atom is 0.319 e. The molecule has 0 unspecified atom stereocenters. The van der Waals surface area contributed by atoms with Crippen molar-refractivity contribution in [3.63, 3.8) is 0 Å². The second-order valence-corrected chi connectivity index (χ2v) is 23.3. The van der Waals surface area contributed by atoms with Crippen molar-refractivity contribution in [1.82, 2.24) is 45.5 Å². The lowest BCUT2D eigenvalue weighted by molar-refractivity contribution is -0.142. The number of aryl methyl sites for hydroxylation is 1. The van der Waals surface area contributed by atoms with E-state index < -0.39 is 41.9 Å². The molecule has 0 saturated carbocycles. The highest BCUT2D eigenvalue weighted by Gasteiger charge is 2.44. The van der Waals surface area contributed by atoms with E-state index in [-0.39, 0.29) is 82.3 Å². The van der Waals surface area contributed by atoms with Crippen molar-refractivity contribution in [3.8, 4) is 51.3 Å². The van der Waals surface area contributed by atoms with Crippen molar-refractivity contribution in [2.75, 3.05) is 50.1 Å². The van der Waals surface area contributed by atoms with Crippen molar-refractivity contribution in [2.45, 2.75) is 95.5 Å². The molecule has 2 amide bonds. The van der Waals surface area contributed by atoms with Gasteiger partial charge in [0, 0.05) is 85.3 Å². The van der Waals surface area contributed by atoms with Crippen LogP contribution in [0.1, 0.15) is 73.9 Å². The van der Waals surface area contributed by atoms with Crippen LogP contribution in [0.4, 0.5) is 15.2 Å². The van der Waals surface area contributed by atoms with Gasteiger partial charge in [-0.25, -0.2) is 9.07 Å². The summed E-state index contributed by atoms with van der Waals surface area (Å²) in [4.78, 5) is 46.6. The third kappa shape index (κ3) is 10.4. The van der Waals surface area contributed by atoms with Crippen LogP contribution in [-0.4, -0.2) is 127 Å². The number of nitrogens with one attached hydrogen (secondary N) is 2. The van der Waals surface area contributed by atoms with Crippen LogP contribution in [0.15, 0.2) is 91.4 Å². The average molecular weight is 1150 g/mol. The molecule has 19 nitrogen and oxygen atoms in total. The number of nitrogen functional groups attached to an aromatic ring is 1. The topological polar surface area (TPSA) is 252 Å². The van der Waals surface area contributed by atoms with Crippen LogP contribution in [0.2, 0.25) is 5.02 Å². The van der Waals surface area contributed by atoms with E-state index in [1.165, 1.54) is 15.6 Å². The Bertz CT molecular complexity index is 3780. The Hall–Kier alpha value is -7.84. The van der Waals surface area contributed by atoms with Crippen molar-refractivity contribution >= 4 is 66.6 Å². The number of ether oxygens (including phenoxy) is 3. The molecule has 0 radical (unpaired) electrons. The number of nitrogens with two attached hydrogens (primary N) is 1. The number of halogens is 2. The molecule has 4 aliphatic rings. The normalized spacial score (nSPS) is 19.7. The SMILES string of the molecule is Cc1cnccc1-c1ccc([C@H](CO)NC(=O)[C@@H]2C[C@@H](O)CN2C(=O)[C@H](C(C)C)n2cc(-c3ccc(COc4c(-c5ccc(F)c6sc(N)c(C#N)c56)c(Cl)cc5c(N6C[C@@H]7C[C@H]6CN7)nc(OC6CCOCC6)nc45)cc3)nn2)cc1. The smallest absolute Gasteiger partial charge is 0.319 e. The number of fused-ring (bicyclic) bond motifs is 4. The van der Waals surface area contributed by atoms with E-state index >= 15 is 4.39 Å². The molecular weight excluding hydrogens is 1090 g/mol. The molecule has 22 heteroatoms. The number of piperazine rings is 1. The largest absolute Gasteiger partial charge is 0.486 e. The molecule has 2 bridgehead atoms. The highest BCUT2D eigenvalue weighted by molar-refractivity contribution is 7.23. The van der Waals surface area contributed by atoms with E-state index in [1.54, 1.807) is 24.7 Å². The Morgan fingerprint density at radius 3 is 2.52 bits per heavy atom. The van der Waals surface area contributed by atoms with Gasteiger partial charge in [-0.15, -0.1) is 16.4 Å². The monoisotopic (exact) mass is 1150 g/mol. The third-order valence-corrected chi connectivity index (χ3v) is 17.5. The molecule has 8 heterocycles. The average Bonchev–Trinajstić information content (AvgIpc) is 3.45. The summed E-state index contributed by atoms with van der Waals surface area (Å²) in [5, 5.41) is 48.6. The second kappa shape index (κ2) is 22.8. The van der Waals surface area contributed by atoms with E-state index in [0.29, 0.717) is 76.1 Å². The number of aliphatic hydroxyl groups excluding tert-OH is 2. The predicted molar refractivity (Wildman–Crippen MR) is 309 cm³/mol. The fourth-order valence-corrected chi connectivity index (χ4v) is 13.2. The molecular formula is C60H60ClFN12O7S. The second-order valence-electron chi connectivity index (χ2n) is 21.8. The van der Waals surface area contributed by atoms with Gasteiger partial charge in [-0.05, 0) is 70.8 Å². The minimum Gasteiger partial charge on any atom is -0.486 e. The number of hydrogen-bond donors (Lipinski definition) is 5. The predicted octanol–water partition coefficient (Wildman–Crippen LogP) is 8.08. The van der Waals surface area contributed by atoms with Crippen LogP contribution in [0.3, 0.4) is 0 Å². The molecule has 0 spiro atoms. The number of aliphatic hydroxyl groups is 2. The fraction of sp³-hybridized carbons (Fsp3) is 0.367. The van der Waals surface area contributed by atoms with Gasteiger partial charge in [0.05, 0.1) is 53.4 Å². The van der Waals surface area contributed by atoms with E-state index in [0.717, 1.165) is 53.1 Å². The first kappa shape index (κ1) is 54.7. The van der Waals surface area contributed by atoms with Crippen LogP contribution in [-0.2, 0) is 20.9 Å². The van der Waals surface area contributed by atoms with Gasteiger partial charge in [-0.1, -0.05) is 85.3 Å². The summed E-state index contributed by atoms with van der Waals surface area (Å²) >= 11 is 8.40. The first-order valence-electron chi connectivity index (χ1n) is 27.5. The lowest BCUT2D eigenvalue weighted by atomic mass is 9.96. The molecule has 4 aromatic carbocycles. The molecule has 8 aromatic rings. The standard InChI is InChI=1S/C60H60ClFN12O7S/c1-31(2)53(59(78)73-27-39(76)21-49(73)58(77)67-48(29-75)36-10-8-34(9-11-36)41-14-17-65-24-32(41)3)74-28-47(70-71-74)35-6-4-33(5-7-35)30-80-54-51(42-12-13-46(62)55-50(42)44(23-63)56(64)82-55)45(61)22-43-52(54)68-60(81-40-15-18-79-19-16-40)69-57(43)72-26-37-20-38(72)25-66-37/h4-14,17,22,24,28,31,37-40,48-49,53,66,75-76H,15-16,18-21,25-27,29-30,64H2,1-3H3,(H,67,77)/t37-,38-,39+,48-,49-,53-/m0/s1. The zero-order chi connectivity index (χ0) is 56.9. The van der Waals surface area contributed by atoms with Crippen LogP contribution in [0, 0.1) is 30.0 Å². The van der Waals surface area contributed by atoms with E-state index in [2.05, 4.69) is 36.9 Å². The van der Waals surface area contributed by atoms with E-state index in [9.17, 15) is 25.1 Å². The van der Waals surface area contributed by atoms with Gasteiger partial charge in [-0.3, -0.25) is 14.6 Å². The number of β-amino-alcohol motifs (C(OH)–C–C–N with tert-alkyl or cyclic N) is 1. The van der Waals surface area contributed by atoms with Gasteiger partial charge in [-0.2, -0.15) is 15.2 Å². The number of amides is 2. The zero-order valence-electron chi connectivity index (χ0n) is 45.3. The number of carbonyl (C=O) groups is 2. The number of rotatable bonds is 16. The summed E-state index contributed by atoms with van der Waals surface area (Å²) in [6, 6.07) is 21.9. The number of nitriles is 1. The Balaban J connectivity index is 0.818. The number of pyridine rings is 1. The molecule has 82 heavy (non-hydrogen) atoms. The lowest BCUT2D eigenvalue weighted by Crippen LogP contribution is -2.50. The number of carbonyl (C=O) groups excluding carboxylic acids is 2. The molecule has 6 atom stereocenters. The molecule has 4 aliphatic heterocycles. The first-order chi connectivity index (χ1) is 39.7. The van der Waals surface area contributed by atoms with Crippen molar-refractivity contribution in [2.24, 2.45) is 5.92 Å². The Labute approximate surface area is 480 Å². The summed E-state index contributed by atoms with van der Waals surface area (Å²) in [6.45, 7) is 7.92. The first-order valence-corrected chi connectivity index (χ1v) is 28.7. The number of thiophene rings is 1. The van der Waals surface area contributed by atoms with Gasteiger partial charge in [0.25, 0.3) is 0 Å². The molecule has 4 fully saturated rings. The van der Waals surface area contributed by atoms with E-state index in [4.69, 9.17) is 41.5 Å². The molecule has 4 aromatic heterocycles. The number of benzene rings is 4. The van der Waals surface area contributed by atoms with Crippen LogP contribution in [0.25, 0.3) is 54.5 Å². The summed E-state index contributed by atoms with van der Waals surface area (Å²) in [7, 11) is 0. The van der Waals surface area contributed by atoms with Gasteiger partial charge in [0.15, 0.2) is 5.75 Å². The maximum atomic E-state index is 15.6. The lowest BCUT2D eigenvalue weighted by Gasteiger charge is -2.30. The van der Waals surface area contributed by atoms with Crippen molar-refractivity contribution < 1.29 is 38.4 Å². The Kier molecular flexibility index (Phi) is 15.2. The summed E-state index contributed by atoms with van der Waals surface area (Å²) < 4.78 is 36.4. The van der Waals surface area contributed by atoms with Gasteiger partial charge >= 0.3 is 6.01 Å².